The van der Waals surface area contributed by atoms with E-state index in [2.05, 4.69) is 9.55 Å². The molecule has 0 N–H and O–H groups in total. The van der Waals surface area contributed by atoms with E-state index in [-0.39, 0.29) is 11.9 Å². The fourth-order valence-corrected chi connectivity index (χ4v) is 4.48. The number of furan rings is 1. The Morgan fingerprint density at radius 1 is 1.19 bits per heavy atom. The fraction of sp³-hybridized carbons (Fsp3) is 0.450. The van der Waals surface area contributed by atoms with Gasteiger partial charge in [-0.2, -0.15) is 0 Å². The van der Waals surface area contributed by atoms with E-state index in [0.717, 1.165) is 24.1 Å². The number of carbonyl (C=O) groups is 1. The number of hydrogen-bond acceptors (Lipinski definition) is 4. The van der Waals surface area contributed by atoms with E-state index < -0.39 is 0 Å². The van der Waals surface area contributed by atoms with Crippen LogP contribution in [0.15, 0.2) is 41.3 Å². The second-order valence-electron chi connectivity index (χ2n) is 7.37. The molecule has 1 saturated heterocycles. The van der Waals surface area contributed by atoms with Crippen LogP contribution in [0.25, 0.3) is 11.2 Å². The minimum Gasteiger partial charge on any atom is -0.472 e. The van der Waals surface area contributed by atoms with Gasteiger partial charge in [-0.3, -0.25) is 4.79 Å². The van der Waals surface area contributed by atoms with Gasteiger partial charge in [0.05, 0.1) is 17.9 Å². The molecular weight excluding hydrogens is 328 g/mol. The molecular formula is C20H22N4O2. The third-order valence-corrected chi connectivity index (χ3v) is 5.78. The SMILES string of the molecule is O=C(c1ccoc1)N1CCC(n2c(C3CCCC3)nc3cccnc32)C1. The quantitative estimate of drug-likeness (QED) is 0.721. The van der Waals surface area contributed by atoms with Gasteiger partial charge in [0.1, 0.15) is 17.6 Å². The third kappa shape index (κ3) is 2.52. The zero-order chi connectivity index (χ0) is 17.5. The average Bonchev–Trinajstić information content (AvgIpc) is 3.47. The molecule has 5 rings (SSSR count). The lowest BCUT2D eigenvalue weighted by Crippen LogP contribution is -2.29. The van der Waals surface area contributed by atoms with Crippen molar-refractivity contribution >= 4 is 17.1 Å². The zero-order valence-electron chi connectivity index (χ0n) is 14.7. The Morgan fingerprint density at radius 3 is 2.88 bits per heavy atom. The van der Waals surface area contributed by atoms with Gasteiger partial charge in [-0.15, -0.1) is 0 Å². The number of likely N-dealkylation sites (tertiary alicyclic amines) is 1. The van der Waals surface area contributed by atoms with Crippen molar-refractivity contribution in [3.8, 4) is 0 Å². The molecule has 1 saturated carbocycles. The van der Waals surface area contributed by atoms with Gasteiger partial charge in [0.2, 0.25) is 0 Å². The standard InChI is InChI=1S/C20H22N4O2/c25-20(15-8-11-26-13-15)23-10-7-16(12-23)24-18(14-4-1-2-5-14)22-17-6-3-9-21-19(17)24/h3,6,8-9,11,13-14,16H,1-2,4-5,7,10,12H2. The second-order valence-corrected chi connectivity index (χ2v) is 7.37. The molecule has 1 amide bonds. The average molecular weight is 350 g/mol. The van der Waals surface area contributed by atoms with Crippen molar-refractivity contribution in [1.29, 1.82) is 0 Å². The minimum absolute atomic E-state index is 0.0426. The van der Waals surface area contributed by atoms with Gasteiger partial charge in [0.25, 0.3) is 5.91 Å². The van der Waals surface area contributed by atoms with Gasteiger partial charge >= 0.3 is 0 Å². The lowest BCUT2D eigenvalue weighted by molar-refractivity contribution is 0.0787. The van der Waals surface area contributed by atoms with Crippen LogP contribution in [-0.2, 0) is 0 Å². The lowest BCUT2D eigenvalue weighted by atomic mass is 10.1. The van der Waals surface area contributed by atoms with Gasteiger partial charge in [-0.1, -0.05) is 12.8 Å². The van der Waals surface area contributed by atoms with Gasteiger partial charge in [-0.05, 0) is 37.5 Å². The number of fused-ring (bicyclic) bond motifs is 1. The first-order chi connectivity index (χ1) is 12.8. The molecule has 1 aliphatic carbocycles. The fourth-order valence-electron chi connectivity index (χ4n) is 4.48. The van der Waals surface area contributed by atoms with Crippen molar-refractivity contribution in [2.75, 3.05) is 13.1 Å². The summed E-state index contributed by atoms with van der Waals surface area (Å²) < 4.78 is 7.39. The summed E-state index contributed by atoms with van der Waals surface area (Å²) >= 11 is 0. The minimum atomic E-state index is 0.0426. The highest BCUT2D eigenvalue weighted by molar-refractivity contribution is 5.94. The smallest absolute Gasteiger partial charge is 0.257 e. The van der Waals surface area contributed by atoms with E-state index in [4.69, 9.17) is 9.40 Å². The molecule has 1 atom stereocenters. The maximum absolute atomic E-state index is 12.7. The third-order valence-electron chi connectivity index (χ3n) is 5.78. The molecule has 1 unspecified atom stereocenters. The van der Waals surface area contributed by atoms with Crippen molar-refractivity contribution in [2.24, 2.45) is 0 Å². The highest BCUT2D eigenvalue weighted by atomic mass is 16.3. The molecule has 4 heterocycles. The molecule has 6 heteroatoms. The molecule has 134 valence electrons. The van der Waals surface area contributed by atoms with Crippen molar-refractivity contribution in [2.45, 2.75) is 44.1 Å². The van der Waals surface area contributed by atoms with Crippen LogP contribution in [0.3, 0.4) is 0 Å². The molecule has 6 nitrogen and oxygen atoms in total. The normalized spacial score (nSPS) is 21.1. The summed E-state index contributed by atoms with van der Waals surface area (Å²) in [6.07, 6.45) is 10.8. The van der Waals surface area contributed by atoms with Gasteiger partial charge in [0.15, 0.2) is 5.65 Å². The van der Waals surface area contributed by atoms with Gasteiger partial charge in [-0.25, -0.2) is 9.97 Å². The van der Waals surface area contributed by atoms with Crippen LogP contribution in [0.4, 0.5) is 0 Å². The van der Waals surface area contributed by atoms with E-state index in [1.807, 2.05) is 23.2 Å². The molecule has 2 aliphatic rings. The van der Waals surface area contributed by atoms with Crippen LogP contribution < -0.4 is 0 Å². The molecule has 0 bridgehead atoms. The highest BCUT2D eigenvalue weighted by Crippen LogP contribution is 2.38. The number of amides is 1. The summed E-state index contributed by atoms with van der Waals surface area (Å²) in [6, 6.07) is 5.96. The number of pyridine rings is 1. The Labute approximate surface area is 151 Å². The predicted octanol–water partition coefficient (Wildman–Crippen LogP) is 3.77. The summed E-state index contributed by atoms with van der Waals surface area (Å²) in [5.74, 6) is 1.72. The topological polar surface area (TPSA) is 64.2 Å². The monoisotopic (exact) mass is 350 g/mol. The molecule has 3 aromatic rings. The first-order valence-corrected chi connectivity index (χ1v) is 9.45. The largest absolute Gasteiger partial charge is 0.472 e. The predicted molar refractivity (Wildman–Crippen MR) is 97.0 cm³/mol. The van der Waals surface area contributed by atoms with Crippen LogP contribution in [-0.4, -0.2) is 38.4 Å². The van der Waals surface area contributed by atoms with Crippen LogP contribution in [0.5, 0.6) is 0 Å². The van der Waals surface area contributed by atoms with Gasteiger partial charge in [0, 0.05) is 25.2 Å². The molecule has 2 fully saturated rings. The Kier molecular flexibility index (Phi) is 3.76. The van der Waals surface area contributed by atoms with E-state index in [9.17, 15) is 4.79 Å². The molecule has 0 spiro atoms. The maximum atomic E-state index is 12.7. The van der Waals surface area contributed by atoms with Crippen LogP contribution in [0.2, 0.25) is 0 Å². The highest BCUT2D eigenvalue weighted by Gasteiger charge is 2.33. The molecule has 26 heavy (non-hydrogen) atoms. The summed E-state index contributed by atoms with van der Waals surface area (Å²) in [6.45, 7) is 1.46. The summed E-state index contributed by atoms with van der Waals surface area (Å²) in [5, 5.41) is 0. The van der Waals surface area contributed by atoms with Crippen molar-refractivity contribution in [3.63, 3.8) is 0 Å². The Balaban J connectivity index is 1.49. The second kappa shape index (κ2) is 6.27. The van der Waals surface area contributed by atoms with Crippen molar-refractivity contribution in [1.82, 2.24) is 19.4 Å². The summed E-state index contributed by atoms with van der Waals surface area (Å²) in [5.41, 5.74) is 2.54. The molecule has 0 radical (unpaired) electrons. The lowest BCUT2D eigenvalue weighted by Gasteiger charge is -2.20. The first kappa shape index (κ1) is 15.6. The number of nitrogens with zero attached hydrogens (tertiary/aromatic N) is 4. The number of imidazole rings is 1. The molecule has 0 aromatic carbocycles. The van der Waals surface area contributed by atoms with Crippen LogP contribution in [0.1, 0.15) is 60.2 Å². The Hall–Kier alpha value is -2.63. The number of rotatable bonds is 3. The van der Waals surface area contributed by atoms with E-state index in [1.165, 1.54) is 37.8 Å². The molecule has 3 aromatic heterocycles. The number of aromatic nitrogens is 3. The first-order valence-electron chi connectivity index (χ1n) is 9.45. The van der Waals surface area contributed by atoms with E-state index in [1.54, 1.807) is 12.3 Å². The summed E-state index contributed by atoms with van der Waals surface area (Å²) in [4.78, 5) is 24.1. The zero-order valence-corrected chi connectivity index (χ0v) is 14.7. The van der Waals surface area contributed by atoms with Gasteiger partial charge < -0.3 is 13.9 Å². The van der Waals surface area contributed by atoms with Crippen LogP contribution >= 0.6 is 0 Å². The van der Waals surface area contributed by atoms with Crippen molar-refractivity contribution < 1.29 is 9.21 Å². The maximum Gasteiger partial charge on any atom is 0.257 e. The Bertz CT molecular complexity index is 925. The molecule has 1 aliphatic heterocycles. The Morgan fingerprint density at radius 2 is 2.08 bits per heavy atom. The van der Waals surface area contributed by atoms with E-state index >= 15 is 0 Å². The summed E-state index contributed by atoms with van der Waals surface area (Å²) in [7, 11) is 0. The number of carbonyl (C=O) groups excluding carboxylic acids is 1. The van der Waals surface area contributed by atoms with Crippen molar-refractivity contribution in [3.05, 3.63) is 48.3 Å². The van der Waals surface area contributed by atoms with Crippen LogP contribution in [0, 0.1) is 0 Å². The van der Waals surface area contributed by atoms with E-state index in [0.29, 0.717) is 18.0 Å². The number of hydrogen-bond donors (Lipinski definition) is 0.